The van der Waals surface area contributed by atoms with Crippen molar-refractivity contribution in [1.29, 1.82) is 0 Å². The summed E-state index contributed by atoms with van der Waals surface area (Å²) in [5, 5.41) is 7.52. The van der Waals surface area contributed by atoms with Crippen molar-refractivity contribution in [2.24, 2.45) is 13.0 Å². The highest BCUT2D eigenvalue weighted by molar-refractivity contribution is 5.18. The van der Waals surface area contributed by atoms with Gasteiger partial charge in [0.05, 0.1) is 6.20 Å². The van der Waals surface area contributed by atoms with E-state index >= 15 is 0 Å². The molecule has 3 nitrogen and oxygen atoms in total. The van der Waals surface area contributed by atoms with Gasteiger partial charge in [0.15, 0.2) is 0 Å². The maximum Gasteiger partial charge on any atom is 0.0524 e. The molecule has 0 aliphatic rings. The summed E-state index contributed by atoms with van der Waals surface area (Å²) in [5.41, 5.74) is 2.82. The molecule has 0 bridgehead atoms. The van der Waals surface area contributed by atoms with Crippen LogP contribution in [-0.2, 0) is 19.9 Å². The summed E-state index contributed by atoms with van der Waals surface area (Å²) in [4.78, 5) is 0. The van der Waals surface area contributed by atoms with Crippen LogP contribution in [0, 0.1) is 5.92 Å². The van der Waals surface area contributed by atoms with Crippen LogP contribution in [0.15, 0.2) is 6.20 Å². The van der Waals surface area contributed by atoms with E-state index in [1.165, 1.54) is 17.7 Å². The van der Waals surface area contributed by atoms with Crippen LogP contribution in [0.5, 0.6) is 0 Å². The van der Waals surface area contributed by atoms with Crippen molar-refractivity contribution in [3.05, 3.63) is 17.5 Å². The Bertz CT molecular complexity index is 289. The third-order valence-electron chi connectivity index (χ3n) is 2.62. The summed E-state index contributed by atoms with van der Waals surface area (Å²) in [6.07, 6.45) is 5.47. The quantitative estimate of drug-likeness (QED) is 0.724. The molecule has 0 radical (unpaired) electrons. The van der Waals surface area contributed by atoms with Crippen molar-refractivity contribution in [2.45, 2.75) is 33.1 Å². The number of nitrogens with zero attached hydrogens (tertiary/aromatic N) is 2. The molecule has 0 amide bonds. The number of rotatable bonds is 6. The average Bonchev–Trinajstić information content (AvgIpc) is 2.49. The van der Waals surface area contributed by atoms with Crippen LogP contribution in [0.4, 0.5) is 0 Å². The lowest BCUT2D eigenvalue weighted by atomic mass is 10.0. The molecule has 0 aliphatic carbocycles. The van der Waals surface area contributed by atoms with Gasteiger partial charge >= 0.3 is 0 Å². The summed E-state index contributed by atoms with van der Waals surface area (Å²) in [6, 6.07) is 0. The smallest absolute Gasteiger partial charge is 0.0524 e. The van der Waals surface area contributed by atoms with Gasteiger partial charge in [0.1, 0.15) is 0 Å². The van der Waals surface area contributed by atoms with Gasteiger partial charge in [0, 0.05) is 12.7 Å². The van der Waals surface area contributed by atoms with Crippen molar-refractivity contribution < 1.29 is 0 Å². The van der Waals surface area contributed by atoms with E-state index in [-0.39, 0.29) is 0 Å². The van der Waals surface area contributed by atoms with Gasteiger partial charge in [0.25, 0.3) is 0 Å². The molecule has 15 heavy (non-hydrogen) atoms. The van der Waals surface area contributed by atoms with Gasteiger partial charge in [-0.25, -0.2) is 0 Å². The first kappa shape index (κ1) is 12.2. The second-order valence-electron chi connectivity index (χ2n) is 4.55. The highest BCUT2D eigenvalue weighted by Gasteiger charge is 2.09. The first-order chi connectivity index (χ1) is 7.15. The van der Waals surface area contributed by atoms with Crippen LogP contribution in [-0.4, -0.2) is 23.4 Å². The fourth-order valence-corrected chi connectivity index (χ4v) is 1.87. The van der Waals surface area contributed by atoms with Crippen molar-refractivity contribution >= 4 is 0 Å². The summed E-state index contributed by atoms with van der Waals surface area (Å²) < 4.78 is 2.02. The third-order valence-corrected chi connectivity index (χ3v) is 2.62. The van der Waals surface area contributed by atoms with Gasteiger partial charge in [-0.3, -0.25) is 4.68 Å². The lowest BCUT2D eigenvalue weighted by Crippen LogP contribution is -2.11. The van der Waals surface area contributed by atoms with E-state index in [0.717, 1.165) is 19.4 Å². The average molecular weight is 209 g/mol. The predicted molar refractivity (Wildman–Crippen MR) is 64.0 cm³/mol. The van der Waals surface area contributed by atoms with E-state index in [0.29, 0.717) is 5.92 Å². The first-order valence-corrected chi connectivity index (χ1v) is 5.79. The summed E-state index contributed by atoms with van der Waals surface area (Å²) in [7, 11) is 4.04. The number of nitrogens with one attached hydrogen (secondary N) is 1. The number of aryl methyl sites for hydroxylation is 1. The molecule has 3 heteroatoms. The molecule has 86 valence electrons. The third kappa shape index (κ3) is 3.67. The number of hydrogen-bond donors (Lipinski definition) is 1. The molecule has 0 aromatic carbocycles. The highest BCUT2D eigenvalue weighted by Crippen LogP contribution is 2.14. The van der Waals surface area contributed by atoms with Gasteiger partial charge < -0.3 is 5.32 Å². The molecule has 0 atom stereocenters. The monoisotopic (exact) mass is 209 g/mol. The minimum atomic E-state index is 0.706. The molecule has 0 unspecified atom stereocenters. The van der Waals surface area contributed by atoms with Crippen LogP contribution < -0.4 is 5.32 Å². The predicted octanol–water partition coefficient (Wildman–Crippen LogP) is 1.77. The summed E-state index contributed by atoms with van der Waals surface area (Å²) >= 11 is 0. The summed E-state index contributed by atoms with van der Waals surface area (Å²) in [6.45, 7) is 5.58. The topological polar surface area (TPSA) is 29.9 Å². The van der Waals surface area contributed by atoms with E-state index < -0.39 is 0 Å². The number of aromatic nitrogens is 2. The fraction of sp³-hybridized carbons (Fsp3) is 0.750. The zero-order chi connectivity index (χ0) is 11.3. The Balaban J connectivity index is 2.62. The van der Waals surface area contributed by atoms with Gasteiger partial charge in [-0.1, -0.05) is 13.8 Å². The Morgan fingerprint density at radius 1 is 1.47 bits per heavy atom. The zero-order valence-corrected chi connectivity index (χ0v) is 10.4. The molecule has 1 rings (SSSR count). The van der Waals surface area contributed by atoms with Crippen molar-refractivity contribution in [3.63, 3.8) is 0 Å². The van der Waals surface area contributed by atoms with Gasteiger partial charge in [-0.2, -0.15) is 5.10 Å². The lowest BCUT2D eigenvalue weighted by Gasteiger charge is -2.08. The molecular formula is C12H23N3. The Kier molecular flexibility index (Phi) is 4.82. The number of hydrogen-bond acceptors (Lipinski definition) is 2. The second-order valence-corrected chi connectivity index (χ2v) is 4.55. The maximum absolute atomic E-state index is 4.34. The summed E-state index contributed by atoms with van der Waals surface area (Å²) in [5.74, 6) is 0.706. The normalized spacial score (nSPS) is 11.3. The van der Waals surface area contributed by atoms with E-state index in [9.17, 15) is 0 Å². The Hall–Kier alpha value is -0.830. The first-order valence-electron chi connectivity index (χ1n) is 5.79. The molecule has 1 N–H and O–H groups in total. The van der Waals surface area contributed by atoms with Crippen molar-refractivity contribution in [3.8, 4) is 0 Å². The van der Waals surface area contributed by atoms with E-state index in [1.54, 1.807) is 0 Å². The zero-order valence-electron chi connectivity index (χ0n) is 10.4. The Morgan fingerprint density at radius 3 is 2.80 bits per heavy atom. The van der Waals surface area contributed by atoms with Crippen LogP contribution in [0.3, 0.4) is 0 Å². The highest BCUT2D eigenvalue weighted by atomic mass is 15.3. The molecule has 0 saturated heterocycles. The molecule has 0 spiro atoms. The minimum absolute atomic E-state index is 0.706. The standard InChI is InChI=1S/C12H23N3/c1-10(2)8-11-9-14-15(4)12(11)6-5-7-13-3/h9-10,13H,5-8H2,1-4H3. The largest absolute Gasteiger partial charge is 0.320 e. The van der Waals surface area contributed by atoms with E-state index in [4.69, 9.17) is 0 Å². The van der Waals surface area contributed by atoms with Crippen LogP contribution in [0.25, 0.3) is 0 Å². The van der Waals surface area contributed by atoms with Gasteiger partial charge in [0.2, 0.25) is 0 Å². The molecule has 1 aromatic rings. The van der Waals surface area contributed by atoms with E-state index in [1.807, 2.05) is 25.0 Å². The van der Waals surface area contributed by atoms with Crippen molar-refractivity contribution in [2.75, 3.05) is 13.6 Å². The molecular weight excluding hydrogens is 186 g/mol. The maximum atomic E-state index is 4.34. The SMILES string of the molecule is CNCCCc1c(CC(C)C)cnn1C. The van der Waals surface area contributed by atoms with Crippen LogP contribution >= 0.6 is 0 Å². The van der Waals surface area contributed by atoms with Crippen molar-refractivity contribution in [1.82, 2.24) is 15.1 Å². The van der Waals surface area contributed by atoms with Crippen LogP contribution in [0.2, 0.25) is 0 Å². The molecule has 0 saturated carbocycles. The van der Waals surface area contributed by atoms with Gasteiger partial charge in [-0.15, -0.1) is 0 Å². The Morgan fingerprint density at radius 2 is 2.20 bits per heavy atom. The lowest BCUT2D eigenvalue weighted by molar-refractivity contribution is 0.623. The Labute approximate surface area is 92.9 Å². The van der Waals surface area contributed by atoms with E-state index in [2.05, 4.69) is 24.3 Å². The van der Waals surface area contributed by atoms with Gasteiger partial charge in [-0.05, 0) is 44.3 Å². The molecule has 0 aliphatic heterocycles. The molecule has 1 aromatic heterocycles. The van der Waals surface area contributed by atoms with Crippen LogP contribution in [0.1, 0.15) is 31.5 Å². The molecule has 1 heterocycles. The fourth-order valence-electron chi connectivity index (χ4n) is 1.87. The minimum Gasteiger partial charge on any atom is -0.320 e. The molecule has 0 fully saturated rings. The second kappa shape index (κ2) is 5.91.